The highest BCUT2D eigenvalue weighted by atomic mass is 16.5. The average molecular weight is 306 g/mol. The van der Waals surface area contributed by atoms with Crippen LogP contribution in [0.3, 0.4) is 0 Å². The first-order chi connectivity index (χ1) is 10.6. The standard InChI is InChI=1S/C18H26O4/c1-3-5-9-14(8-4-2)12-13-22-18(21)16-11-7-6-10-15(16)17(19)20/h6-7,10-11,14H,3-5,8-9,12-13H2,1-2H3,(H,19,20). The molecule has 1 atom stereocenters. The molecule has 1 N–H and O–H groups in total. The fraction of sp³-hybridized carbons (Fsp3) is 0.556. The van der Waals surface area contributed by atoms with Crippen LogP contribution in [0.1, 0.15) is 73.1 Å². The molecule has 0 aliphatic rings. The quantitative estimate of drug-likeness (QED) is 0.645. The molecule has 4 heteroatoms. The van der Waals surface area contributed by atoms with E-state index in [0.29, 0.717) is 12.5 Å². The van der Waals surface area contributed by atoms with E-state index in [-0.39, 0.29) is 11.1 Å². The average Bonchev–Trinajstić information content (AvgIpc) is 2.52. The Morgan fingerprint density at radius 2 is 1.73 bits per heavy atom. The second kappa shape index (κ2) is 9.98. The number of hydrogen-bond donors (Lipinski definition) is 1. The summed E-state index contributed by atoms with van der Waals surface area (Å²) in [5, 5.41) is 9.09. The first-order valence-corrected chi connectivity index (χ1v) is 8.09. The first-order valence-electron chi connectivity index (χ1n) is 8.09. The van der Waals surface area contributed by atoms with Gasteiger partial charge in [-0.25, -0.2) is 9.59 Å². The Hall–Kier alpha value is -1.84. The second-order valence-corrected chi connectivity index (χ2v) is 5.57. The number of carbonyl (C=O) groups is 2. The number of aromatic carboxylic acids is 1. The van der Waals surface area contributed by atoms with Gasteiger partial charge >= 0.3 is 11.9 Å². The fourth-order valence-corrected chi connectivity index (χ4v) is 2.58. The van der Waals surface area contributed by atoms with E-state index in [4.69, 9.17) is 9.84 Å². The van der Waals surface area contributed by atoms with Gasteiger partial charge in [-0.1, -0.05) is 58.1 Å². The molecule has 122 valence electrons. The molecule has 1 aromatic carbocycles. The van der Waals surface area contributed by atoms with Crippen molar-refractivity contribution in [3.05, 3.63) is 35.4 Å². The molecule has 22 heavy (non-hydrogen) atoms. The van der Waals surface area contributed by atoms with Crippen LogP contribution in [0.4, 0.5) is 0 Å². The summed E-state index contributed by atoms with van der Waals surface area (Å²) in [6.45, 7) is 4.68. The molecule has 0 spiro atoms. The van der Waals surface area contributed by atoms with E-state index in [9.17, 15) is 9.59 Å². The minimum absolute atomic E-state index is 0.0106. The van der Waals surface area contributed by atoms with Crippen molar-refractivity contribution >= 4 is 11.9 Å². The second-order valence-electron chi connectivity index (χ2n) is 5.57. The predicted octanol–water partition coefficient (Wildman–Crippen LogP) is 4.54. The van der Waals surface area contributed by atoms with Crippen molar-refractivity contribution in [3.8, 4) is 0 Å². The molecule has 0 radical (unpaired) electrons. The lowest BCUT2D eigenvalue weighted by Crippen LogP contribution is -2.14. The van der Waals surface area contributed by atoms with Crippen LogP contribution in [-0.2, 0) is 4.74 Å². The zero-order valence-corrected chi connectivity index (χ0v) is 13.5. The molecule has 0 amide bonds. The Kier molecular flexibility index (Phi) is 8.26. The molecule has 0 heterocycles. The van der Waals surface area contributed by atoms with Crippen molar-refractivity contribution in [2.45, 2.75) is 52.4 Å². The van der Waals surface area contributed by atoms with E-state index in [1.165, 1.54) is 25.0 Å². The maximum Gasteiger partial charge on any atom is 0.339 e. The van der Waals surface area contributed by atoms with Crippen LogP contribution in [0.2, 0.25) is 0 Å². The van der Waals surface area contributed by atoms with Crippen molar-refractivity contribution in [3.63, 3.8) is 0 Å². The summed E-state index contributed by atoms with van der Waals surface area (Å²) in [6, 6.07) is 6.15. The molecule has 0 saturated carbocycles. The highest BCUT2D eigenvalue weighted by molar-refractivity contribution is 6.02. The monoisotopic (exact) mass is 306 g/mol. The lowest BCUT2D eigenvalue weighted by Gasteiger charge is -2.15. The van der Waals surface area contributed by atoms with Crippen LogP contribution in [0, 0.1) is 5.92 Å². The van der Waals surface area contributed by atoms with Gasteiger partial charge in [-0.3, -0.25) is 0 Å². The maximum absolute atomic E-state index is 12.0. The zero-order chi connectivity index (χ0) is 16.4. The summed E-state index contributed by atoms with van der Waals surface area (Å²) >= 11 is 0. The molecule has 0 bridgehead atoms. The molecule has 1 rings (SSSR count). The van der Waals surface area contributed by atoms with Gasteiger partial charge < -0.3 is 9.84 Å². The zero-order valence-electron chi connectivity index (χ0n) is 13.5. The Labute approximate surface area is 132 Å². The molecular formula is C18H26O4. The van der Waals surface area contributed by atoms with E-state index < -0.39 is 11.9 Å². The molecule has 0 aliphatic heterocycles. The summed E-state index contributed by atoms with van der Waals surface area (Å²) in [5.41, 5.74) is 0.110. The number of rotatable bonds is 10. The topological polar surface area (TPSA) is 63.6 Å². The summed E-state index contributed by atoms with van der Waals surface area (Å²) in [4.78, 5) is 23.1. The van der Waals surface area contributed by atoms with E-state index in [1.54, 1.807) is 12.1 Å². The number of ether oxygens (including phenoxy) is 1. The minimum Gasteiger partial charge on any atom is -0.478 e. The van der Waals surface area contributed by atoms with Crippen LogP contribution in [0.5, 0.6) is 0 Å². The third-order valence-electron chi connectivity index (χ3n) is 3.80. The number of carbonyl (C=O) groups excluding carboxylic acids is 1. The van der Waals surface area contributed by atoms with Crippen molar-refractivity contribution in [1.29, 1.82) is 0 Å². The molecule has 0 aliphatic carbocycles. The van der Waals surface area contributed by atoms with E-state index in [1.807, 2.05) is 0 Å². The smallest absolute Gasteiger partial charge is 0.339 e. The first kappa shape index (κ1) is 18.2. The molecular weight excluding hydrogens is 280 g/mol. The van der Waals surface area contributed by atoms with Crippen molar-refractivity contribution in [2.24, 2.45) is 5.92 Å². The van der Waals surface area contributed by atoms with E-state index in [0.717, 1.165) is 25.7 Å². The van der Waals surface area contributed by atoms with Gasteiger partial charge in [0, 0.05) is 0 Å². The largest absolute Gasteiger partial charge is 0.478 e. The van der Waals surface area contributed by atoms with Crippen molar-refractivity contribution in [2.75, 3.05) is 6.61 Å². The van der Waals surface area contributed by atoms with Gasteiger partial charge in [-0.05, 0) is 24.5 Å². The molecule has 4 nitrogen and oxygen atoms in total. The number of hydrogen-bond acceptors (Lipinski definition) is 3. The van der Waals surface area contributed by atoms with Gasteiger partial charge in [0.25, 0.3) is 0 Å². The fourth-order valence-electron chi connectivity index (χ4n) is 2.58. The number of esters is 1. The Morgan fingerprint density at radius 3 is 2.32 bits per heavy atom. The number of unbranched alkanes of at least 4 members (excludes halogenated alkanes) is 1. The third kappa shape index (κ3) is 5.88. The van der Waals surface area contributed by atoms with Crippen LogP contribution >= 0.6 is 0 Å². The molecule has 1 unspecified atom stereocenters. The molecule has 0 fully saturated rings. The van der Waals surface area contributed by atoms with Crippen LogP contribution in [0.25, 0.3) is 0 Å². The van der Waals surface area contributed by atoms with Crippen molar-refractivity contribution < 1.29 is 19.4 Å². The highest BCUT2D eigenvalue weighted by Crippen LogP contribution is 2.19. The minimum atomic E-state index is -1.11. The van der Waals surface area contributed by atoms with Crippen molar-refractivity contribution in [1.82, 2.24) is 0 Å². The van der Waals surface area contributed by atoms with Gasteiger partial charge in [-0.15, -0.1) is 0 Å². The van der Waals surface area contributed by atoms with Gasteiger partial charge in [0.1, 0.15) is 0 Å². The number of carboxylic acids is 1. The van der Waals surface area contributed by atoms with Crippen LogP contribution in [0.15, 0.2) is 24.3 Å². The van der Waals surface area contributed by atoms with Gasteiger partial charge in [0.15, 0.2) is 0 Å². The maximum atomic E-state index is 12.0. The Balaban J connectivity index is 2.53. The predicted molar refractivity (Wildman–Crippen MR) is 86.2 cm³/mol. The Morgan fingerprint density at radius 1 is 1.05 bits per heavy atom. The summed E-state index contributed by atoms with van der Waals surface area (Å²) in [7, 11) is 0. The summed E-state index contributed by atoms with van der Waals surface area (Å²) in [6.07, 6.45) is 6.64. The molecule has 0 saturated heterocycles. The lowest BCUT2D eigenvalue weighted by atomic mass is 9.94. The van der Waals surface area contributed by atoms with Gasteiger partial charge in [0.2, 0.25) is 0 Å². The highest BCUT2D eigenvalue weighted by Gasteiger charge is 2.17. The van der Waals surface area contributed by atoms with Gasteiger partial charge in [-0.2, -0.15) is 0 Å². The lowest BCUT2D eigenvalue weighted by molar-refractivity contribution is 0.0469. The summed E-state index contributed by atoms with van der Waals surface area (Å²) in [5.74, 6) is -1.09. The third-order valence-corrected chi connectivity index (χ3v) is 3.80. The van der Waals surface area contributed by atoms with Gasteiger partial charge in [0.05, 0.1) is 17.7 Å². The normalized spacial score (nSPS) is 11.9. The Bertz CT molecular complexity index is 482. The van der Waals surface area contributed by atoms with E-state index in [2.05, 4.69) is 13.8 Å². The number of benzene rings is 1. The van der Waals surface area contributed by atoms with E-state index >= 15 is 0 Å². The molecule has 0 aromatic heterocycles. The van der Waals surface area contributed by atoms with Crippen LogP contribution < -0.4 is 0 Å². The number of carboxylic acid groups (broad SMARTS) is 1. The SMILES string of the molecule is CCCCC(CCC)CCOC(=O)c1ccccc1C(=O)O. The molecule has 1 aromatic rings. The summed E-state index contributed by atoms with van der Waals surface area (Å²) < 4.78 is 5.27. The van der Waals surface area contributed by atoms with Crippen LogP contribution in [-0.4, -0.2) is 23.7 Å².